The van der Waals surface area contributed by atoms with Gasteiger partial charge in [-0.15, -0.1) is 0 Å². The summed E-state index contributed by atoms with van der Waals surface area (Å²) in [5.41, 5.74) is 3.81. The Labute approximate surface area is 124 Å². The summed E-state index contributed by atoms with van der Waals surface area (Å²) in [4.78, 5) is 16.2. The van der Waals surface area contributed by atoms with Crippen molar-refractivity contribution in [2.45, 2.75) is 20.3 Å². The number of benzene rings is 1. The molecule has 2 aromatic rings. The molecule has 1 aromatic carbocycles. The summed E-state index contributed by atoms with van der Waals surface area (Å²) in [7, 11) is 0. The van der Waals surface area contributed by atoms with Gasteiger partial charge in [0.1, 0.15) is 5.92 Å². The maximum atomic E-state index is 12.3. The second kappa shape index (κ2) is 6.67. The molecule has 0 aliphatic heterocycles. The second-order valence-electron chi connectivity index (χ2n) is 4.98. The number of nitrogens with zero attached hydrogens (tertiary/aromatic N) is 2. The number of hydrogen-bond acceptors (Lipinski definition) is 3. The van der Waals surface area contributed by atoms with Crippen molar-refractivity contribution in [3.63, 3.8) is 0 Å². The van der Waals surface area contributed by atoms with E-state index in [1.165, 1.54) is 0 Å². The van der Waals surface area contributed by atoms with Crippen LogP contribution in [0, 0.1) is 31.1 Å². The second-order valence-corrected chi connectivity index (χ2v) is 4.98. The minimum Gasteiger partial charge on any atom is -0.325 e. The molecule has 0 saturated carbocycles. The van der Waals surface area contributed by atoms with Crippen molar-refractivity contribution >= 4 is 11.6 Å². The number of carbonyl (C=O) groups excluding carboxylic acids is 1. The number of rotatable bonds is 4. The predicted molar refractivity (Wildman–Crippen MR) is 81.6 cm³/mol. The van der Waals surface area contributed by atoms with E-state index < -0.39 is 5.92 Å². The molecule has 1 atom stereocenters. The molecule has 4 heteroatoms. The molecule has 4 nitrogen and oxygen atoms in total. The largest absolute Gasteiger partial charge is 0.325 e. The van der Waals surface area contributed by atoms with Crippen LogP contribution >= 0.6 is 0 Å². The highest BCUT2D eigenvalue weighted by Gasteiger charge is 2.19. The normalized spacial score (nSPS) is 11.5. The SMILES string of the molecule is Cc1cccc(NC(=O)[C@@H](C#N)Cc2ccncc2)c1C. The third kappa shape index (κ3) is 3.67. The fourth-order valence-corrected chi connectivity index (χ4v) is 2.06. The maximum Gasteiger partial charge on any atom is 0.242 e. The molecule has 106 valence electrons. The number of nitriles is 1. The molecule has 2 rings (SSSR count). The van der Waals surface area contributed by atoms with Crippen molar-refractivity contribution in [1.29, 1.82) is 5.26 Å². The lowest BCUT2D eigenvalue weighted by atomic mass is 10.00. The maximum absolute atomic E-state index is 12.3. The van der Waals surface area contributed by atoms with Gasteiger partial charge in [-0.2, -0.15) is 5.26 Å². The smallest absolute Gasteiger partial charge is 0.242 e. The number of aromatic nitrogens is 1. The van der Waals surface area contributed by atoms with Crippen LogP contribution in [-0.2, 0) is 11.2 Å². The molecule has 0 saturated heterocycles. The van der Waals surface area contributed by atoms with Gasteiger partial charge >= 0.3 is 0 Å². The number of pyridine rings is 1. The first-order valence-electron chi connectivity index (χ1n) is 6.77. The van der Waals surface area contributed by atoms with Crippen LogP contribution in [0.4, 0.5) is 5.69 Å². The van der Waals surface area contributed by atoms with Gasteiger partial charge in [0.15, 0.2) is 0 Å². The summed E-state index contributed by atoms with van der Waals surface area (Å²) in [6, 6.07) is 11.4. The van der Waals surface area contributed by atoms with Gasteiger partial charge < -0.3 is 5.32 Å². The average Bonchev–Trinajstić information content (AvgIpc) is 2.50. The average molecular weight is 279 g/mol. The molecule has 1 amide bonds. The van der Waals surface area contributed by atoms with Crippen LogP contribution in [0.3, 0.4) is 0 Å². The number of hydrogen-bond donors (Lipinski definition) is 1. The lowest BCUT2D eigenvalue weighted by molar-refractivity contribution is -0.118. The molecule has 0 radical (unpaired) electrons. The molecule has 0 spiro atoms. The van der Waals surface area contributed by atoms with Crippen molar-refractivity contribution in [1.82, 2.24) is 4.98 Å². The van der Waals surface area contributed by atoms with E-state index in [1.807, 2.05) is 44.2 Å². The van der Waals surface area contributed by atoms with Gasteiger partial charge in [0.25, 0.3) is 0 Å². The Balaban J connectivity index is 2.11. The first kappa shape index (κ1) is 14.7. The fraction of sp³-hybridized carbons (Fsp3) is 0.235. The zero-order valence-corrected chi connectivity index (χ0v) is 12.1. The number of nitrogens with one attached hydrogen (secondary N) is 1. The monoisotopic (exact) mass is 279 g/mol. The summed E-state index contributed by atoms with van der Waals surface area (Å²) in [6.07, 6.45) is 3.70. The fourth-order valence-electron chi connectivity index (χ4n) is 2.06. The van der Waals surface area contributed by atoms with Crippen LogP contribution in [0.5, 0.6) is 0 Å². The van der Waals surface area contributed by atoms with Gasteiger partial charge in [-0.3, -0.25) is 9.78 Å². The van der Waals surface area contributed by atoms with E-state index >= 15 is 0 Å². The van der Waals surface area contributed by atoms with Crippen molar-refractivity contribution < 1.29 is 4.79 Å². The van der Waals surface area contributed by atoms with Gasteiger partial charge in [0.05, 0.1) is 6.07 Å². The van der Waals surface area contributed by atoms with Crippen LogP contribution in [0.25, 0.3) is 0 Å². The number of anilines is 1. The molecular weight excluding hydrogens is 262 g/mol. The van der Waals surface area contributed by atoms with Crippen molar-refractivity contribution in [3.05, 3.63) is 59.4 Å². The molecule has 1 heterocycles. The lowest BCUT2D eigenvalue weighted by Gasteiger charge is -2.13. The van der Waals surface area contributed by atoms with Crippen LogP contribution in [0.15, 0.2) is 42.7 Å². The van der Waals surface area contributed by atoms with Crippen molar-refractivity contribution in [3.8, 4) is 6.07 Å². The molecule has 0 aliphatic rings. The molecule has 0 unspecified atom stereocenters. The number of carbonyl (C=O) groups is 1. The molecule has 1 N–H and O–H groups in total. The van der Waals surface area contributed by atoms with E-state index in [4.69, 9.17) is 0 Å². The Morgan fingerprint density at radius 2 is 2.00 bits per heavy atom. The first-order chi connectivity index (χ1) is 10.1. The van der Waals surface area contributed by atoms with Crippen molar-refractivity contribution in [2.75, 3.05) is 5.32 Å². The molecule has 0 aliphatic carbocycles. The molecule has 0 fully saturated rings. The summed E-state index contributed by atoms with van der Waals surface area (Å²) >= 11 is 0. The third-order valence-corrected chi connectivity index (χ3v) is 3.52. The third-order valence-electron chi connectivity index (χ3n) is 3.52. The summed E-state index contributed by atoms with van der Waals surface area (Å²) in [5.74, 6) is -0.990. The Morgan fingerprint density at radius 1 is 1.29 bits per heavy atom. The zero-order chi connectivity index (χ0) is 15.2. The first-order valence-corrected chi connectivity index (χ1v) is 6.77. The van der Waals surface area contributed by atoms with E-state index in [1.54, 1.807) is 12.4 Å². The zero-order valence-electron chi connectivity index (χ0n) is 12.1. The van der Waals surface area contributed by atoms with E-state index in [0.29, 0.717) is 6.42 Å². The predicted octanol–water partition coefficient (Wildman–Crippen LogP) is 3.02. The van der Waals surface area contributed by atoms with Gasteiger partial charge in [-0.25, -0.2) is 0 Å². The van der Waals surface area contributed by atoms with E-state index in [0.717, 1.165) is 22.4 Å². The number of aryl methyl sites for hydroxylation is 1. The lowest BCUT2D eigenvalue weighted by Crippen LogP contribution is -2.24. The molecule has 21 heavy (non-hydrogen) atoms. The van der Waals surface area contributed by atoms with E-state index in [2.05, 4.69) is 16.4 Å². The summed E-state index contributed by atoms with van der Waals surface area (Å²) in [6.45, 7) is 3.94. The quantitative estimate of drug-likeness (QED) is 0.935. The highest BCUT2D eigenvalue weighted by Crippen LogP contribution is 2.19. The Morgan fingerprint density at radius 3 is 2.67 bits per heavy atom. The van der Waals surface area contributed by atoms with Gasteiger partial charge in [0, 0.05) is 18.1 Å². The van der Waals surface area contributed by atoms with Crippen LogP contribution in [-0.4, -0.2) is 10.9 Å². The van der Waals surface area contributed by atoms with E-state index in [9.17, 15) is 10.1 Å². The minimum atomic E-state index is -0.715. The summed E-state index contributed by atoms with van der Waals surface area (Å²) in [5, 5.41) is 12.1. The topological polar surface area (TPSA) is 65.8 Å². The molecule has 1 aromatic heterocycles. The molecule has 0 bridgehead atoms. The highest BCUT2D eigenvalue weighted by atomic mass is 16.1. The van der Waals surface area contributed by atoms with Gasteiger partial charge in [-0.1, -0.05) is 12.1 Å². The summed E-state index contributed by atoms with van der Waals surface area (Å²) < 4.78 is 0. The van der Waals surface area contributed by atoms with Gasteiger partial charge in [-0.05, 0) is 55.2 Å². The van der Waals surface area contributed by atoms with Crippen LogP contribution in [0.1, 0.15) is 16.7 Å². The minimum absolute atomic E-state index is 0.275. The van der Waals surface area contributed by atoms with Crippen LogP contribution < -0.4 is 5.32 Å². The Kier molecular flexibility index (Phi) is 4.68. The number of amides is 1. The standard InChI is InChI=1S/C17H17N3O/c1-12-4-3-5-16(13(12)2)20-17(21)15(11-18)10-14-6-8-19-9-7-14/h3-9,15H,10H2,1-2H3,(H,20,21)/t15-/m1/s1. The van der Waals surface area contributed by atoms with Crippen LogP contribution in [0.2, 0.25) is 0 Å². The molecular formula is C17H17N3O. The highest BCUT2D eigenvalue weighted by molar-refractivity contribution is 5.95. The Hall–Kier alpha value is -2.67. The van der Waals surface area contributed by atoms with Crippen molar-refractivity contribution in [2.24, 2.45) is 5.92 Å². The Bertz CT molecular complexity index is 674. The van der Waals surface area contributed by atoms with Gasteiger partial charge in [0.2, 0.25) is 5.91 Å². The van der Waals surface area contributed by atoms with E-state index in [-0.39, 0.29) is 5.91 Å².